The topological polar surface area (TPSA) is 35.2 Å². The largest absolute Gasteiger partial charge is 0.381 e. The molecule has 2 atom stereocenters. The Kier molecular flexibility index (Phi) is 4.18. The second-order valence-corrected chi connectivity index (χ2v) is 5.38. The Bertz CT molecular complexity index is 267. The van der Waals surface area contributed by atoms with Crippen LogP contribution in [-0.2, 0) is 11.2 Å². The lowest BCUT2D eigenvalue weighted by Gasteiger charge is -2.14. The van der Waals surface area contributed by atoms with Gasteiger partial charge in [-0.15, -0.1) is 11.3 Å². The van der Waals surface area contributed by atoms with Gasteiger partial charge in [0, 0.05) is 24.1 Å². The van der Waals surface area contributed by atoms with E-state index in [4.69, 9.17) is 10.5 Å². The molecule has 0 spiro atoms. The van der Waals surface area contributed by atoms with Gasteiger partial charge in [-0.3, -0.25) is 0 Å². The van der Waals surface area contributed by atoms with Gasteiger partial charge in [0.1, 0.15) is 0 Å². The maximum Gasteiger partial charge on any atom is 0.0495 e. The van der Waals surface area contributed by atoms with Gasteiger partial charge in [0.15, 0.2) is 0 Å². The molecule has 0 bridgehead atoms. The second kappa shape index (κ2) is 5.64. The van der Waals surface area contributed by atoms with Gasteiger partial charge in [-0.05, 0) is 43.0 Å². The first-order valence-electron chi connectivity index (χ1n) is 5.70. The van der Waals surface area contributed by atoms with E-state index in [-0.39, 0.29) is 0 Å². The lowest BCUT2D eigenvalue weighted by molar-refractivity contribution is 0.182. The normalized spacial score (nSPS) is 23.1. The van der Waals surface area contributed by atoms with Crippen LogP contribution < -0.4 is 5.73 Å². The smallest absolute Gasteiger partial charge is 0.0495 e. The molecule has 2 unspecified atom stereocenters. The first-order chi connectivity index (χ1) is 7.34. The first kappa shape index (κ1) is 11.1. The fourth-order valence-electron chi connectivity index (χ4n) is 2.10. The number of thiophene rings is 1. The lowest BCUT2D eigenvalue weighted by Crippen LogP contribution is -2.24. The average molecular weight is 225 g/mol. The minimum atomic E-state index is 0.346. The van der Waals surface area contributed by atoms with E-state index in [0.29, 0.717) is 12.0 Å². The van der Waals surface area contributed by atoms with Gasteiger partial charge in [-0.1, -0.05) is 6.07 Å². The van der Waals surface area contributed by atoms with Crippen molar-refractivity contribution in [2.24, 2.45) is 11.7 Å². The number of hydrogen-bond acceptors (Lipinski definition) is 3. The van der Waals surface area contributed by atoms with Gasteiger partial charge in [0.2, 0.25) is 0 Å². The fourth-order valence-corrected chi connectivity index (χ4v) is 2.82. The number of ether oxygens (including phenoxy) is 1. The summed E-state index contributed by atoms with van der Waals surface area (Å²) in [6, 6.07) is 4.64. The van der Waals surface area contributed by atoms with E-state index >= 15 is 0 Å². The minimum absolute atomic E-state index is 0.346. The van der Waals surface area contributed by atoms with Crippen LogP contribution in [0.1, 0.15) is 24.1 Å². The van der Waals surface area contributed by atoms with Crippen LogP contribution in [0, 0.1) is 5.92 Å². The molecule has 2 rings (SSSR count). The van der Waals surface area contributed by atoms with E-state index in [1.54, 1.807) is 0 Å². The predicted octanol–water partition coefficient (Wildman–Crippen LogP) is 2.43. The van der Waals surface area contributed by atoms with Crippen molar-refractivity contribution in [2.45, 2.75) is 31.7 Å². The second-order valence-electron chi connectivity index (χ2n) is 4.34. The molecule has 84 valence electrons. The van der Waals surface area contributed by atoms with Crippen molar-refractivity contribution < 1.29 is 4.74 Å². The van der Waals surface area contributed by atoms with E-state index in [1.807, 2.05) is 11.3 Å². The van der Waals surface area contributed by atoms with Gasteiger partial charge in [0.25, 0.3) is 0 Å². The summed E-state index contributed by atoms with van der Waals surface area (Å²) in [6.45, 7) is 1.86. The van der Waals surface area contributed by atoms with Crippen molar-refractivity contribution in [3.63, 3.8) is 0 Å². The molecule has 3 heteroatoms. The molecule has 2 heterocycles. The maximum atomic E-state index is 6.12. The zero-order valence-electron chi connectivity index (χ0n) is 9.02. The lowest BCUT2D eigenvalue weighted by atomic mass is 9.97. The summed E-state index contributed by atoms with van der Waals surface area (Å²) in [4.78, 5) is 1.45. The van der Waals surface area contributed by atoms with Crippen LogP contribution in [0.5, 0.6) is 0 Å². The van der Waals surface area contributed by atoms with Crippen molar-refractivity contribution in [2.75, 3.05) is 13.2 Å². The summed E-state index contributed by atoms with van der Waals surface area (Å²) >= 11 is 1.83. The molecule has 1 aromatic heterocycles. The monoisotopic (exact) mass is 225 g/mol. The summed E-state index contributed by atoms with van der Waals surface area (Å²) in [5.74, 6) is 0.711. The van der Waals surface area contributed by atoms with Gasteiger partial charge in [0.05, 0.1) is 0 Å². The Morgan fingerprint density at radius 1 is 1.60 bits per heavy atom. The summed E-state index contributed by atoms with van der Waals surface area (Å²) in [5, 5.41) is 2.13. The van der Waals surface area contributed by atoms with Crippen LogP contribution in [0.25, 0.3) is 0 Å². The molecule has 0 saturated carbocycles. The van der Waals surface area contributed by atoms with Crippen molar-refractivity contribution in [3.8, 4) is 0 Å². The highest BCUT2D eigenvalue weighted by molar-refractivity contribution is 7.09. The van der Waals surface area contributed by atoms with Gasteiger partial charge in [-0.25, -0.2) is 0 Å². The molecule has 2 nitrogen and oxygen atoms in total. The Morgan fingerprint density at radius 3 is 3.20 bits per heavy atom. The van der Waals surface area contributed by atoms with Gasteiger partial charge in [-0.2, -0.15) is 0 Å². The number of hydrogen-bond donors (Lipinski definition) is 1. The standard InChI is InChI=1S/C12H19NOS/c13-11(8-10-5-6-14-9-10)3-4-12-2-1-7-15-12/h1-2,7,10-11H,3-6,8-9,13H2. The minimum Gasteiger partial charge on any atom is -0.381 e. The molecule has 1 aromatic rings. The summed E-state index contributed by atoms with van der Waals surface area (Å²) in [6.07, 6.45) is 4.57. The molecule has 15 heavy (non-hydrogen) atoms. The number of aryl methyl sites for hydroxylation is 1. The quantitative estimate of drug-likeness (QED) is 0.835. The summed E-state index contributed by atoms with van der Waals surface area (Å²) in [5.41, 5.74) is 6.12. The Morgan fingerprint density at radius 2 is 2.53 bits per heavy atom. The van der Waals surface area contributed by atoms with E-state index in [9.17, 15) is 0 Å². The zero-order chi connectivity index (χ0) is 10.5. The first-order valence-corrected chi connectivity index (χ1v) is 6.58. The third kappa shape index (κ3) is 3.59. The molecular weight excluding hydrogens is 206 g/mol. The van der Waals surface area contributed by atoms with Crippen LogP contribution >= 0.6 is 11.3 Å². The predicted molar refractivity (Wildman–Crippen MR) is 64.2 cm³/mol. The highest BCUT2D eigenvalue weighted by Gasteiger charge is 2.18. The maximum absolute atomic E-state index is 6.12. The Balaban J connectivity index is 1.66. The molecule has 1 fully saturated rings. The zero-order valence-corrected chi connectivity index (χ0v) is 9.84. The fraction of sp³-hybridized carbons (Fsp3) is 0.667. The highest BCUT2D eigenvalue weighted by atomic mass is 32.1. The average Bonchev–Trinajstić information content (AvgIpc) is 2.86. The molecular formula is C12H19NOS. The van der Waals surface area contributed by atoms with Crippen molar-refractivity contribution in [1.82, 2.24) is 0 Å². The number of nitrogens with two attached hydrogens (primary N) is 1. The van der Waals surface area contributed by atoms with Gasteiger partial charge >= 0.3 is 0 Å². The van der Waals surface area contributed by atoms with Gasteiger partial charge < -0.3 is 10.5 Å². The van der Waals surface area contributed by atoms with E-state index in [1.165, 1.54) is 11.3 Å². The van der Waals surface area contributed by atoms with Crippen molar-refractivity contribution in [1.29, 1.82) is 0 Å². The molecule has 1 aliphatic rings. The third-order valence-corrected chi connectivity index (χ3v) is 3.94. The SMILES string of the molecule is NC(CCc1cccs1)CC1CCOC1. The van der Waals surface area contributed by atoms with Crippen LogP contribution in [0.2, 0.25) is 0 Å². The number of rotatable bonds is 5. The van der Waals surface area contributed by atoms with Crippen LogP contribution in [0.4, 0.5) is 0 Å². The van der Waals surface area contributed by atoms with Crippen molar-refractivity contribution >= 4 is 11.3 Å². The van der Waals surface area contributed by atoms with E-state index in [2.05, 4.69) is 17.5 Å². The molecule has 1 saturated heterocycles. The Labute approximate surface area is 95.4 Å². The molecule has 0 aliphatic carbocycles. The van der Waals surface area contributed by atoms with Crippen molar-refractivity contribution in [3.05, 3.63) is 22.4 Å². The van der Waals surface area contributed by atoms with Crippen LogP contribution in [-0.4, -0.2) is 19.3 Å². The third-order valence-electron chi connectivity index (χ3n) is 3.00. The Hall–Kier alpha value is -0.380. The molecule has 0 amide bonds. The van der Waals surface area contributed by atoms with Crippen LogP contribution in [0.15, 0.2) is 17.5 Å². The van der Waals surface area contributed by atoms with E-state index in [0.717, 1.165) is 32.5 Å². The summed E-state index contributed by atoms with van der Waals surface area (Å²) in [7, 11) is 0. The van der Waals surface area contributed by atoms with E-state index < -0.39 is 0 Å². The highest BCUT2D eigenvalue weighted by Crippen LogP contribution is 2.20. The molecule has 2 N–H and O–H groups in total. The summed E-state index contributed by atoms with van der Waals surface area (Å²) < 4.78 is 5.35. The molecule has 1 aliphatic heterocycles. The molecule has 0 aromatic carbocycles. The molecule has 0 radical (unpaired) electrons. The van der Waals surface area contributed by atoms with Crippen LogP contribution in [0.3, 0.4) is 0 Å².